The summed E-state index contributed by atoms with van der Waals surface area (Å²) in [6.07, 6.45) is 6.19. The summed E-state index contributed by atoms with van der Waals surface area (Å²) in [5.41, 5.74) is 6.22. The summed E-state index contributed by atoms with van der Waals surface area (Å²) in [5, 5.41) is 0. The molecule has 1 aliphatic carbocycles. The molecule has 5 heteroatoms. The molecule has 2 aliphatic rings. The number of nitrogens with two attached hydrogens (primary N) is 1. The fourth-order valence-corrected chi connectivity index (χ4v) is 3.93. The standard InChI is InChI=1S/C20H28N2O3/c21-18(23)14-15-10-12-22(13-11-15)20(24)19(16-6-2-1-3-7-16)25-17-8-4-5-9-17/h1-3,6-7,15,17,19H,4-5,8-14H2,(H2,21,23)/t19-/m1/s1. The van der Waals surface area contributed by atoms with E-state index >= 15 is 0 Å². The van der Waals surface area contributed by atoms with Gasteiger partial charge in [-0.15, -0.1) is 0 Å². The molecule has 1 aliphatic heterocycles. The van der Waals surface area contributed by atoms with Gasteiger partial charge in [-0.25, -0.2) is 0 Å². The van der Waals surface area contributed by atoms with E-state index in [4.69, 9.17) is 10.5 Å². The highest BCUT2D eigenvalue weighted by molar-refractivity contribution is 5.82. The molecule has 2 N–H and O–H groups in total. The minimum Gasteiger partial charge on any atom is -0.370 e. The van der Waals surface area contributed by atoms with Crippen LogP contribution < -0.4 is 5.73 Å². The molecule has 1 aromatic rings. The van der Waals surface area contributed by atoms with Gasteiger partial charge in [0.25, 0.3) is 5.91 Å². The first kappa shape index (κ1) is 17.9. The lowest BCUT2D eigenvalue weighted by Crippen LogP contribution is -2.42. The van der Waals surface area contributed by atoms with Crippen LogP contribution in [0.3, 0.4) is 0 Å². The van der Waals surface area contributed by atoms with E-state index in [0.717, 1.165) is 31.2 Å². The minimum atomic E-state index is -0.517. The summed E-state index contributed by atoms with van der Waals surface area (Å²) in [6, 6.07) is 9.80. The number of carbonyl (C=O) groups is 2. The van der Waals surface area contributed by atoms with Crippen molar-refractivity contribution in [2.75, 3.05) is 13.1 Å². The van der Waals surface area contributed by atoms with Crippen LogP contribution in [-0.4, -0.2) is 35.9 Å². The zero-order chi connectivity index (χ0) is 17.6. The molecule has 0 radical (unpaired) electrons. The molecule has 136 valence electrons. The van der Waals surface area contributed by atoms with Gasteiger partial charge in [0, 0.05) is 19.5 Å². The Labute approximate surface area is 149 Å². The smallest absolute Gasteiger partial charge is 0.256 e. The fourth-order valence-electron chi connectivity index (χ4n) is 3.93. The molecule has 0 aromatic heterocycles. The van der Waals surface area contributed by atoms with Gasteiger partial charge in [0.15, 0.2) is 6.10 Å². The van der Waals surface area contributed by atoms with E-state index in [1.165, 1.54) is 12.8 Å². The van der Waals surface area contributed by atoms with Gasteiger partial charge in [0.2, 0.25) is 5.91 Å². The van der Waals surface area contributed by atoms with Crippen molar-refractivity contribution < 1.29 is 14.3 Å². The Morgan fingerprint density at radius 3 is 2.32 bits per heavy atom. The summed E-state index contributed by atoms with van der Waals surface area (Å²) < 4.78 is 6.24. The minimum absolute atomic E-state index is 0.0515. The maximum Gasteiger partial charge on any atom is 0.256 e. The number of ether oxygens (including phenoxy) is 1. The average molecular weight is 344 g/mol. The molecule has 25 heavy (non-hydrogen) atoms. The molecule has 0 unspecified atom stereocenters. The highest BCUT2D eigenvalue weighted by Gasteiger charge is 2.32. The third kappa shape index (κ3) is 4.82. The van der Waals surface area contributed by atoms with E-state index < -0.39 is 6.10 Å². The monoisotopic (exact) mass is 344 g/mol. The van der Waals surface area contributed by atoms with Gasteiger partial charge in [-0.1, -0.05) is 43.2 Å². The molecule has 5 nitrogen and oxygen atoms in total. The Morgan fingerprint density at radius 1 is 1.08 bits per heavy atom. The average Bonchev–Trinajstić information content (AvgIpc) is 3.13. The van der Waals surface area contributed by atoms with Crippen molar-refractivity contribution in [3.63, 3.8) is 0 Å². The number of carbonyl (C=O) groups excluding carboxylic acids is 2. The molecule has 2 fully saturated rings. The second-order valence-corrected chi connectivity index (χ2v) is 7.27. The van der Waals surface area contributed by atoms with Gasteiger partial charge < -0.3 is 15.4 Å². The lowest BCUT2D eigenvalue weighted by Gasteiger charge is -2.34. The lowest BCUT2D eigenvalue weighted by atomic mass is 9.93. The predicted octanol–water partition coefficient (Wildman–Crippen LogP) is 2.80. The number of benzene rings is 1. The third-order valence-corrected chi connectivity index (χ3v) is 5.37. The largest absolute Gasteiger partial charge is 0.370 e. The van der Waals surface area contributed by atoms with Gasteiger partial charge in [-0.05, 0) is 37.2 Å². The number of nitrogens with zero attached hydrogens (tertiary/aromatic N) is 1. The number of likely N-dealkylation sites (tertiary alicyclic amines) is 1. The van der Waals surface area contributed by atoms with E-state index in [1.807, 2.05) is 35.2 Å². The van der Waals surface area contributed by atoms with Gasteiger partial charge >= 0.3 is 0 Å². The molecule has 1 saturated carbocycles. The van der Waals surface area contributed by atoms with Crippen LogP contribution in [0, 0.1) is 5.92 Å². The number of hydrogen-bond acceptors (Lipinski definition) is 3. The number of amides is 2. The summed E-state index contributed by atoms with van der Waals surface area (Å²) in [7, 11) is 0. The van der Waals surface area contributed by atoms with Gasteiger partial charge in [0.05, 0.1) is 6.10 Å². The summed E-state index contributed by atoms with van der Waals surface area (Å²) in [6.45, 7) is 1.35. The normalized spacial score (nSPS) is 20.6. The van der Waals surface area contributed by atoms with Crippen molar-refractivity contribution in [1.29, 1.82) is 0 Å². The van der Waals surface area contributed by atoms with Crippen molar-refractivity contribution in [2.45, 2.75) is 57.2 Å². The molecule has 1 atom stereocenters. The number of hydrogen-bond donors (Lipinski definition) is 1. The molecule has 3 rings (SSSR count). The molecule has 0 spiro atoms. The van der Waals surface area contributed by atoms with E-state index in [2.05, 4.69) is 0 Å². The van der Waals surface area contributed by atoms with E-state index in [0.29, 0.717) is 25.4 Å². The summed E-state index contributed by atoms with van der Waals surface area (Å²) in [5.74, 6) is 0.0969. The molecular weight excluding hydrogens is 316 g/mol. The van der Waals surface area contributed by atoms with Crippen LogP contribution in [0.1, 0.15) is 56.6 Å². The van der Waals surface area contributed by atoms with Crippen molar-refractivity contribution in [3.05, 3.63) is 35.9 Å². The molecular formula is C20H28N2O3. The Kier molecular flexibility index (Phi) is 6.08. The Hall–Kier alpha value is -1.88. The number of primary amides is 1. The van der Waals surface area contributed by atoms with Gasteiger partial charge in [0.1, 0.15) is 0 Å². The lowest BCUT2D eigenvalue weighted by molar-refractivity contribution is -0.149. The number of piperidine rings is 1. The molecule has 1 aromatic carbocycles. The van der Waals surface area contributed by atoms with Crippen molar-refractivity contribution in [1.82, 2.24) is 4.90 Å². The first-order valence-electron chi connectivity index (χ1n) is 9.41. The predicted molar refractivity (Wildman–Crippen MR) is 95.6 cm³/mol. The Bertz CT molecular complexity index is 576. The van der Waals surface area contributed by atoms with E-state index in [-0.39, 0.29) is 17.9 Å². The van der Waals surface area contributed by atoms with Crippen LogP contribution in [0.4, 0.5) is 0 Å². The van der Waals surface area contributed by atoms with Crippen LogP contribution in [-0.2, 0) is 14.3 Å². The first-order chi connectivity index (χ1) is 12.1. The molecule has 1 saturated heterocycles. The maximum atomic E-state index is 13.1. The third-order valence-electron chi connectivity index (χ3n) is 5.37. The zero-order valence-electron chi connectivity index (χ0n) is 14.7. The molecule has 0 bridgehead atoms. The zero-order valence-corrected chi connectivity index (χ0v) is 14.7. The van der Waals surface area contributed by atoms with Crippen molar-refractivity contribution >= 4 is 11.8 Å². The second-order valence-electron chi connectivity index (χ2n) is 7.27. The van der Waals surface area contributed by atoms with Crippen LogP contribution in [0.5, 0.6) is 0 Å². The summed E-state index contributed by atoms with van der Waals surface area (Å²) >= 11 is 0. The van der Waals surface area contributed by atoms with Crippen LogP contribution in [0.15, 0.2) is 30.3 Å². The quantitative estimate of drug-likeness (QED) is 0.862. The van der Waals surface area contributed by atoms with Gasteiger partial charge in [-0.3, -0.25) is 9.59 Å². The fraction of sp³-hybridized carbons (Fsp3) is 0.600. The number of rotatable bonds is 6. The highest BCUT2D eigenvalue weighted by Crippen LogP contribution is 2.30. The first-order valence-corrected chi connectivity index (χ1v) is 9.41. The maximum absolute atomic E-state index is 13.1. The van der Waals surface area contributed by atoms with Crippen LogP contribution >= 0.6 is 0 Å². The second kappa shape index (κ2) is 8.48. The van der Waals surface area contributed by atoms with Crippen LogP contribution in [0.25, 0.3) is 0 Å². The topological polar surface area (TPSA) is 72.6 Å². The highest BCUT2D eigenvalue weighted by atomic mass is 16.5. The Balaban J connectivity index is 1.66. The van der Waals surface area contributed by atoms with Crippen molar-refractivity contribution in [2.24, 2.45) is 11.7 Å². The molecule has 1 heterocycles. The van der Waals surface area contributed by atoms with Crippen LogP contribution in [0.2, 0.25) is 0 Å². The SMILES string of the molecule is NC(=O)CC1CCN(C(=O)[C@H](OC2CCCC2)c2ccccc2)CC1. The van der Waals surface area contributed by atoms with E-state index in [1.54, 1.807) is 0 Å². The Morgan fingerprint density at radius 2 is 1.72 bits per heavy atom. The summed E-state index contributed by atoms with van der Waals surface area (Å²) in [4.78, 5) is 26.1. The van der Waals surface area contributed by atoms with Gasteiger partial charge in [-0.2, -0.15) is 0 Å². The van der Waals surface area contributed by atoms with Crippen molar-refractivity contribution in [3.8, 4) is 0 Å². The molecule has 2 amide bonds. The van der Waals surface area contributed by atoms with E-state index in [9.17, 15) is 9.59 Å².